The summed E-state index contributed by atoms with van der Waals surface area (Å²) in [6, 6.07) is 7.83. The highest BCUT2D eigenvalue weighted by atomic mass is 127. The van der Waals surface area contributed by atoms with Gasteiger partial charge in [0.25, 0.3) is 0 Å². The van der Waals surface area contributed by atoms with E-state index in [1.54, 1.807) is 7.05 Å². The minimum atomic E-state index is 0. The maximum atomic E-state index is 6.18. The van der Waals surface area contributed by atoms with Gasteiger partial charge in [0.2, 0.25) is 0 Å². The molecule has 0 spiro atoms. The molecule has 0 bridgehead atoms. The fourth-order valence-corrected chi connectivity index (χ4v) is 2.82. The molecule has 1 aliphatic heterocycles. The van der Waals surface area contributed by atoms with E-state index in [9.17, 15) is 0 Å². The molecule has 1 saturated heterocycles. The maximum Gasteiger partial charge on any atom is 0.191 e. The first-order valence-electron chi connectivity index (χ1n) is 8.03. The molecule has 0 amide bonds. The van der Waals surface area contributed by atoms with Crippen molar-refractivity contribution in [3.8, 4) is 0 Å². The van der Waals surface area contributed by atoms with Gasteiger partial charge in [-0.05, 0) is 25.5 Å². The first-order chi connectivity index (χ1) is 11.0. The van der Waals surface area contributed by atoms with E-state index in [2.05, 4.69) is 34.4 Å². The van der Waals surface area contributed by atoms with Crippen LogP contribution >= 0.6 is 35.6 Å². The largest absolute Gasteiger partial charge is 0.379 e. The van der Waals surface area contributed by atoms with Gasteiger partial charge in [-0.15, -0.1) is 24.0 Å². The van der Waals surface area contributed by atoms with Gasteiger partial charge in [0.05, 0.1) is 13.2 Å². The van der Waals surface area contributed by atoms with Gasteiger partial charge in [0.1, 0.15) is 0 Å². The van der Waals surface area contributed by atoms with Crippen molar-refractivity contribution in [2.45, 2.75) is 25.9 Å². The number of hydrogen-bond donors (Lipinski definition) is 2. The van der Waals surface area contributed by atoms with Crippen molar-refractivity contribution in [2.24, 2.45) is 4.99 Å². The van der Waals surface area contributed by atoms with Gasteiger partial charge in [0.15, 0.2) is 5.96 Å². The molecule has 0 atom stereocenters. The van der Waals surface area contributed by atoms with Crippen molar-refractivity contribution >= 4 is 41.5 Å². The Morgan fingerprint density at radius 1 is 1.25 bits per heavy atom. The molecule has 7 heteroatoms. The number of guanidine groups is 1. The highest BCUT2D eigenvalue weighted by Crippen LogP contribution is 2.16. The van der Waals surface area contributed by atoms with Crippen molar-refractivity contribution in [3.63, 3.8) is 0 Å². The zero-order valence-electron chi connectivity index (χ0n) is 14.6. The maximum absolute atomic E-state index is 6.18. The standard InChI is InChI=1S/C17H27ClN4O.HI/c1-17(2,22-8-10-23-11-9-22)13-21-16(19-3)20-12-14-6-4-5-7-15(14)18;/h4-7H,8-13H2,1-3H3,(H2,19,20,21);1H. The van der Waals surface area contributed by atoms with Crippen molar-refractivity contribution in [1.29, 1.82) is 0 Å². The summed E-state index contributed by atoms with van der Waals surface area (Å²) in [4.78, 5) is 6.74. The van der Waals surface area contributed by atoms with Crippen LogP contribution in [0.25, 0.3) is 0 Å². The van der Waals surface area contributed by atoms with Crippen molar-refractivity contribution in [3.05, 3.63) is 34.9 Å². The molecule has 1 fully saturated rings. The quantitative estimate of drug-likeness (QED) is 0.398. The van der Waals surface area contributed by atoms with Crippen LogP contribution in [0.2, 0.25) is 5.02 Å². The zero-order valence-corrected chi connectivity index (χ0v) is 17.7. The Morgan fingerprint density at radius 3 is 2.54 bits per heavy atom. The van der Waals surface area contributed by atoms with Crippen LogP contribution < -0.4 is 10.6 Å². The number of ether oxygens (including phenoxy) is 1. The molecule has 1 aromatic rings. The molecule has 1 aliphatic rings. The summed E-state index contributed by atoms with van der Waals surface area (Å²) in [7, 11) is 1.78. The second kappa shape index (κ2) is 10.4. The Bertz CT molecular complexity index is 533. The lowest BCUT2D eigenvalue weighted by atomic mass is 10.0. The lowest BCUT2D eigenvalue weighted by Gasteiger charge is -2.41. The smallest absolute Gasteiger partial charge is 0.191 e. The molecule has 1 heterocycles. The molecular formula is C17H28ClIN4O. The summed E-state index contributed by atoms with van der Waals surface area (Å²) in [5.74, 6) is 0.784. The molecule has 2 rings (SSSR count). The monoisotopic (exact) mass is 466 g/mol. The SMILES string of the molecule is CN=C(NCc1ccccc1Cl)NCC(C)(C)N1CCOCC1.I. The molecule has 2 N–H and O–H groups in total. The normalized spacial score (nSPS) is 16.4. The summed E-state index contributed by atoms with van der Waals surface area (Å²) >= 11 is 6.18. The number of nitrogens with one attached hydrogen (secondary N) is 2. The molecule has 136 valence electrons. The number of rotatable bonds is 5. The number of hydrogen-bond acceptors (Lipinski definition) is 3. The second-order valence-electron chi connectivity index (χ2n) is 6.28. The molecule has 0 aliphatic carbocycles. The van der Waals surface area contributed by atoms with E-state index in [0.29, 0.717) is 6.54 Å². The average molecular weight is 467 g/mol. The molecule has 0 aromatic heterocycles. The highest BCUT2D eigenvalue weighted by molar-refractivity contribution is 14.0. The topological polar surface area (TPSA) is 48.9 Å². The Balaban J connectivity index is 0.00000288. The van der Waals surface area contributed by atoms with Crippen LogP contribution in [0.3, 0.4) is 0 Å². The van der Waals surface area contributed by atoms with Gasteiger partial charge in [-0.3, -0.25) is 9.89 Å². The highest BCUT2D eigenvalue weighted by Gasteiger charge is 2.28. The van der Waals surface area contributed by atoms with Crippen molar-refractivity contribution in [2.75, 3.05) is 39.9 Å². The number of halogens is 2. The molecule has 5 nitrogen and oxygen atoms in total. The minimum absolute atomic E-state index is 0. The number of aliphatic imine (C=N–C) groups is 1. The van der Waals surface area contributed by atoms with Gasteiger partial charge in [-0.2, -0.15) is 0 Å². The van der Waals surface area contributed by atoms with Crippen LogP contribution in [0.5, 0.6) is 0 Å². The van der Waals surface area contributed by atoms with Crippen LogP contribution in [0.1, 0.15) is 19.4 Å². The number of morpholine rings is 1. The third-order valence-corrected chi connectivity index (χ3v) is 4.55. The fraction of sp³-hybridized carbons (Fsp3) is 0.588. The van der Waals surface area contributed by atoms with E-state index in [0.717, 1.165) is 49.4 Å². The fourth-order valence-electron chi connectivity index (χ4n) is 2.62. The lowest BCUT2D eigenvalue weighted by Crippen LogP contribution is -2.56. The van der Waals surface area contributed by atoms with Gasteiger partial charge in [0, 0.05) is 43.8 Å². The Labute approximate surface area is 167 Å². The summed E-state index contributed by atoms with van der Waals surface area (Å²) < 4.78 is 5.43. The third-order valence-electron chi connectivity index (χ3n) is 4.18. The minimum Gasteiger partial charge on any atom is -0.379 e. The summed E-state index contributed by atoms with van der Waals surface area (Å²) in [5.41, 5.74) is 1.11. The summed E-state index contributed by atoms with van der Waals surface area (Å²) in [6.07, 6.45) is 0. The van der Waals surface area contributed by atoms with E-state index in [4.69, 9.17) is 16.3 Å². The van der Waals surface area contributed by atoms with Crippen LogP contribution in [0, 0.1) is 0 Å². The summed E-state index contributed by atoms with van der Waals surface area (Å²) in [6.45, 7) is 9.51. The molecular weight excluding hydrogens is 439 g/mol. The van der Waals surface area contributed by atoms with Crippen molar-refractivity contribution < 1.29 is 4.74 Å². The molecule has 0 saturated carbocycles. The first kappa shape index (κ1) is 21.5. The van der Waals surface area contributed by atoms with Gasteiger partial charge in [-0.25, -0.2) is 0 Å². The van der Waals surface area contributed by atoms with E-state index >= 15 is 0 Å². The average Bonchev–Trinajstić information content (AvgIpc) is 2.57. The number of benzene rings is 1. The van der Waals surface area contributed by atoms with E-state index in [1.165, 1.54) is 0 Å². The lowest BCUT2D eigenvalue weighted by molar-refractivity contribution is -0.00834. The predicted octanol–water partition coefficient (Wildman–Crippen LogP) is 2.73. The Kier molecular flexibility index (Phi) is 9.33. The molecule has 24 heavy (non-hydrogen) atoms. The number of nitrogens with zero attached hydrogens (tertiary/aromatic N) is 2. The van der Waals surface area contributed by atoms with Crippen LogP contribution in [0.4, 0.5) is 0 Å². The molecule has 1 aromatic carbocycles. The molecule has 0 unspecified atom stereocenters. The van der Waals surface area contributed by atoms with Gasteiger partial charge < -0.3 is 15.4 Å². The zero-order chi connectivity index (χ0) is 16.7. The van der Waals surface area contributed by atoms with Crippen LogP contribution in [-0.4, -0.2) is 56.3 Å². The van der Waals surface area contributed by atoms with Crippen LogP contribution in [-0.2, 0) is 11.3 Å². The Morgan fingerprint density at radius 2 is 1.92 bits per heavy atom. The van der Waals surface area contributed by atoms with E-state index in [-0.39, 0.29) is 29.5 Å². The van der Waals surface area contributed by atoms with Crippen molar-refractivity contribution in [1.82, 2.24) is 15.5 Å². The van der Waals surface area contributed by atoms with Gasteiger partial charge in [-0.1, -0.05) is 29.8 Å². The predicted molar refractivity (Wildman–Crippen MR) is 112 cm³/mol. The Hall–Kier alpha value is -0.570. The van der Waals surface area contributed by atoms with E-state index < -0.39 is 0 Å². The summed E-state index contributed by atoms with van der Waals surface area (Å²) in [5, 5.41) is 7.49. The van der Waals surface area contributed by atoms with Crippen LogP contribution in [0.15, 0.2) is 29.3 Å². The van der Waals surface area contributed by atoms with Gasteiger partial charge >= 0.3 is 0 Å². The second-order valence-corrected chi connectivity index (χ2v) is 6.69. The first-order valence-corrected chi connectivity index (χ1v) is 8.41. The van der Waals surface area contributed by atoms with E-state index in [1.807, 2.05) is 24.3 Å². The third kappa shape index (κ3) is 6.38. The molecule has 0 radical (unpaired) electrons.